The number of hydrogen-bond acceptors (Lipinski definition) is 3. The molecule has 2 rings (SSSR count). The second kappa shape index (κ2) is 8.11. The van der Waals surface area contributed by atoms with E-state index in [9.17, 15) is 9.59 Å². The molecule has 1 fully saturated rings. The summed E-state index contributed by atoms with van der Waals surface area (Å²) in [6.45, 7) is 4.30. The Morgan fingerprint density at radius 2 is 1.83 bits per heavy atom. The maximum atomic E-state index is 12.4. The molecule has 1 aromatic carbocycles. The Morgan fingerprint density at radius 1 is 1.17 bits per heavy atom. The first kappa shape index (κ1) is 17.5. The predicted molar refractivity (Wildman–Crippen MR) is 92.2 cm³/mol. The summed E-state index contributed by atoms with van der Waals surface area (Å²) in [5.74, 6) is 0.196. The van der Waals surface area contributed by atoms with Crippen LogP contribution in [-0.4, -0.2) is 24.4 Å². The Hall–Kier alpha value is -1.88. The number of carbonyl (C=O) groups is 2. The van der Waals surface area contributed by atoms with Crippen molar-refractivity contribution in [1.29, 1.82) is 0 Å². The van der Waals surface area contributed by atoms with E-state index in [0.717, 1.165) is 19.3 Å². The van der Waals surface area contributed by atoms with Crippen molar-refractivity contribution in [2.24, 2.45) is 17.6 Å². The van der Waals surface area contributed by atoms with Crippen molar-refractivity contribution in [3.8, 4) is 0 Å². The molecule has 0 aromatic heterocycles. The molecule has 0 bridgehead atoms. The van der Waals surface area contributed by atoms with Gasteiger partial charge in [0.1, 0.15) is 0 Å². The summed E-state index contributed by atoms with van der Waals surface area (Å²) >= 11 is 0. The quantitative estimate of drug-likeness (QED) is 0.780. The van der Waals surface area contributed by atoms with Crippen molar-refractivity contribution in [1.82, 2.24) is 5.32 Å². The summed E-state index contributed by atoms with van der Waals surface area (Å²) in [7, 11) is 0. The van der Waals surface area contributed by atoms with Crippen molar-refractivity contribution in [3.05, 3.63) is 29.8 Å². The second-order valence-corrected chi connectivity index (χ2v) is 6.58. The van der Waals surface area contributed by atoms with Gasteiger partial charge in [-0.25, -0.2) is 0 Å². The number of carbonyl (C=O) groups excluding carboxylic acids is 2. The van der Waals surface area contributed by atoms with Gasteiger partial charge in [0.15, 0.2) is 0 Å². The highest BCUT2D eigenvalue weighted by Crippen LogP contribution is 2.24. The number of benzene rings is 1. The molecule has 126 valence electrons. The van der Waals surface area contributed by atoms with E-state index in [1.165, 1.54) is 6.42 Å². The first-order valence-electron chi connectivity index (χ1n) is 8.43. The first-order chi connectivity index (χ1) is 11.0. The molecular formula is C18H27N3O2. The van der Waals surface area contributed by atoms with Crippen molar-refractivity contribution < 1.29 is 9.59 Å². The first-order valence-corrected chi connectivity index (χ1v) is 8.43. The molecular weight excluding hydrogens is 290 g/mol. The highest BCUT2D eigenvalue weighted by Gasteiger charge is 2.25. The Kier molecular flexibility index (Phi) is 6.16. The summed E-state index contributed by atoms with van der Waals surface area (Å²) < 4.78 is 0. The fourth-order valence-corrected chi connectivity index (χ4v) is 2.92. The van der Waals surface area contributed by atoms with E-state index in [2.05, 4.69) is 10.6 Å². The standard InChI is InChI=1S/C18H27N3O2/c1-12(2)17(22)20-15-9-7-13(8-10-15)18(23)21-16-6-4-3-5-14(16)11-19/h7-10,12,14,16H,3-6,11,19H2,1-2H3,(H,20,22)(H,21,23). The third kappa shape index (κ3) is 4.79. The molecule has 1 aromatic rings. The zero-order valence-corrected chi connectivity index (χ0v) is 14.0. The lowest BCUT2D eigenvalue weighted by molar-refractivity contribution is -0.118. The molecule has 0 radical (unpaired) electrons. The van der Waals surface area contributed by atoms with Gasteiger partial charge in [0.25, 0.3) is 5.91 Å². The van der Waals surface area contributed by atoms with Gasteiger partial charge in [0.05, 0.1) is 0 Å². The topological polar surface area (TPSA) is 84.2 Å². The van der Waals surface area contributed by atoms with Gasteiger partial charge in [0, 0.05) is 23.2 Å². The van der Waals surface area contributed by atoms with Gasteiger partial charge in [0.2, 0.25) is 5.91 Å². The maximum absolute atomic E-state index is 12.4. The molecule has 2 atom stereocenters. The van der Waals surface area contributed by atoms with Crippen molar-refractivity contribution >= 4 is 17.5 Å². The molecule has 1 aliphatic carbocycles. The molecule has 0 aliphatic heterocycles. The third-order valence-corrected chi connectivity index (χ3v) is 4.47. The lowest BCUT2D eigenvalue weighted by Gasteiger charge is -2.31. The van der Waals surface area contributed by atoms with Crippen LogP contribution in [0.4, 0.5) is 5.69 Å². The van der Waals surface area contributed by atoms with Crippen LogP contribution in [0.15, 0.2) is 24.3 Å². The number of amides is 2. The molecule has 1 aliphatic rings. The Morgan fingerprint density at radius 3 is 2.43 bits per heavy atom. The van der Waals surface area contributed by atoms with Crippen molar-refractivity contribution in [2.75, 3.05) is 11.9 Å². The molecule has 23 heavy (non-hydrogen) atoms. The van der Waals surface area contributed by atoms with Crippen LogP contribution in [-0.2, 0) is 4.79 Å². The molecule has 5 heteroatoms. The van der Waals surface area contributed by atoms with Gasteiger partial charge in [-0.3, -0.25) is 9.59 Å². The van der Waals surface area contributed by atoms with Crippen LogP contribution >= 0.6 is 0 Å². The van der Waals surface area contributed by atoms with Crippen LogP contribution in [0.25, 0.3) is 0 Å². The van der Waals surface area contributed by atoms with Crippen LogP contribution < -0.4 is 16.4 Å². The lowest BCUT2D eigenvalue weighted by Crippen LogP contribution is -2.44. The highest BCUT2D eigenvalue weighted by atomic mass is 16.2. The largest absolute Gasteiger partial charge is 0.349 e. The van der Waals surface area contributed by atoms with Crippen molar-refractivity contribution in [3.63, 3.8) is 0 Å². The van der Waals surface area contributed by atoms with Crippen LogP contribution in [0.5, 0.6) is 0 Å². The molecule has 2 amide bonds. The monoisotopic (exact) mass is 317 g/mol. The molecule has 0 saturated heterocycles. The molecule has 0 spiro atoms. The fraction of sp³-hybridized carbons (Fsp3) is 0.556. The van der Waals surface area contributed by atoms with E-state index in [1.54, 1.807) is 24.3 Å². The molecule has 5 nitrogen and oxygen atoms in total. The van der Waals surface area contributed by atoms with Gasteiger partial charge in [-0.2, -0.15) is 0 Å². The van der Waals surface area contributed by atoms with Gasteiger partial charge < -0.3 is 16.4 Å². The summed E-state index contributed by atoms with van der Waals surface area (Å²) in [5.41, 5.74) is 7.12. The minimum Gasteiger partial charge on any atom is -0.349 e. The van der Waals surface area contributed by atoms with Gasteiger partial charge in [-0.05, 0) is 49.6 Å². The minimum absolute atomic E-state index is 0.0322. The number of hydrogen-bond donors (Lipinski definition) is 3. The van der Waals surface area contributed by atoms with E-state index in [-0.39, 0.29) is 23.8 Å². The number of anilines is 1. The summed E-state index contributed by atoms with van der Waals surface area (Å²) in [4.78, 5) is 24.0. The van der Waals surface area contributed by atoms with Crippen molar-refractivity contribution in [2.45, 2.75) is 45.6 Å². The van der Waals surface area contributed by atoms with E-state index < -0.39 is 0 Å². The van der Waals surface area contributed by atoms with E-state index in [1.807, 2.05) is 13.8 Å². The smallest absolute Gasteiger partial charge is 0.251 e. The second-order valence-electron chi connectivity index (χ2n) is 6.58. The van der Waals surface area contributed by atoms with Crippen LogP contribution in [0.3, 0.4) is 0 Å². The molecule has 1 saturated carbocycles. The van der Waals surface area contributed by atoms with Crippen LogP contribution in [0.1, 0.15) is 49.9 Å². The molecule has 4 N–H and O–H groups in total. The zero-order valence-electron chi connectivity index (χ0n) is 14.0. The average molecular weight is 317 g/mol. The Bertz CT molecular complexity index is 540. The van der Waals surface area contributed by atoms with E-state index >= 15 is 0 Å². The van der Waals surface area contributed by atoms with Crippen LogP contribution in [0.2, 0.25) is 0 Å². The van der Waals surface area contributed by atoms with Gasteiger partial charge in [-0.1, -0.05) is 26.7 Å². The van der Waals surface area contributed by atoms with Gasteiger partial charge >= 0.3 is 0 Å². The number of nitrogens with two attached hydrogens (primary N) is 1. The maximum Gasteiger partial charge on any atom is 0.251 e. The molecule has 2 unspecified atom stereocenters. The third-order valence-electron chi connectivity index (χ3n) is 4.47. The summed E-state index contributed by atoms with van der Waals surface area (Å²) in [5, 5.41) is 5.93. The van der Waals surface area contributed by atoms with Crippen LogP contribution in [0, 0.1) is 11.8 Å². The fourth-order valence-electron chi connectivity index (χ4n) is 2.92. The highest BCUT2D eigenvalue weighted by molar-refractivity contribution is 5.96. The SMILES string of the molecule is CC(C)C(=O)Nc1ccc(C(=O)NC2CCCCC2CN)cc1. The minimum atomic E-state index is -0.0721. The Labute approximate surface area is 138 Å². The number of rotatable bonds is 5. The molecule has 0 heterocycles. The Balaban J connectivity index is 1.95. The summed E-state index contributed by atoms with van der Waals surface area (Å²) in [6, 6.07) is 7.17. The number of nitrogens with one attached hydrogen (secondary N) is 2. The predicted octanol–water partition coefficient (Wildman–Crippen LogP) is 2.53. The lowest BCUT2D eigenvalue weighted by atomic mass is 9.84. The zero-order chi connectivity index (χ0) is 16.8. The summed E-state index contributed by atoms with van der Waals surface area (Å²) in [6.07, 6.45) is 4.41. The van der Waals surface area contributed by atoms with E-state index in [0.29, 0.717) is 23.7 Å². The normalized spacial score (nSPS) is 21.0. The van der Waals surface area contributed by atoms with Gasteiger partial charge in [-0.15, -0.1) is 0 Å². The van der Waals surface area contributed by atoms with E-state index in [4.69, 9.17) is 5.73 Å². The average Bonchev–Trinajstić information content (AvgIpc) is 2.55.